The molecular weight excluding hydrogens is 400 g/mol. The average Bonchev–Trinajstić information content (AvgIpc) is 2.62. The number of hydrogen-bond donors (Lipinski definition) is 1. The number of carbonyl (C=O) groups is 1. The molecule has 28 heavy (non-hydrogen) atoms. The molecule has 6 nitrogen and oxygen atoms in total. The van der Waals surface area contributed by atoms with Crippen LogP contribution >= 0.6 is 11.6 Å². The first-order chi connectivity index (χ1) is 13.2. The first-order valence-electron chi connectivity index (χ1n) is 8.96. The maximum absolute atomic E-state index is 12.9. The van der Waals surface area contributed by atoms with Gasteiger partial charge in [0.15, 0.2) is 0 Å². The summed E-state index contributed by atoms with van der Waals surface area (Å²) >= 11 is 6.11. The maximum atomic E-state index is 12.9. The number of nitrogens with one attached hydrogen (secondary N) is 1. The molecule has 2 aromatic carbocycles. The topological polar surface area (TPSA) is 75.7 Å². The molecule has 0 radical (unpaired) electrons. The lowest BCUT2D eigenvalue weighted by Gasteiger charge is -2.30. The Morgan fingerprint density at radius 2 is 1.82 bits per heavy atom. The molecule has 0 saturated carbocycles. The van der Waals surface area contributed by atoms with Crippen LogP contribution in [0.25, 0.3) is 0 Å². The number of nitrogens with zero attached hydrogens (tertiary/aromatic N) is 1. The summed E-state index contributed by atoms with van der Waals surface area (Å²) in [5.74, 6) is 0.202. The highest BCUT2D eigenvalue weighted by Crippen LogP contribution is 2.26. The van der Waals surface area contributed by atoms with Gasteiger partial charge in [-0.2, -0.15) is 0 Å². The summed E-state index contributed by atoms with van der Waals surface area (Å²) < 4.78 is 31.5. The third-order valence-corrected chi connectivity index (χ3v) is 5.76. The molecule has 2 aromatic rings. The van der Waals surface area contributed by atoms with Gasteiger partial charge in [0.1, 0.15) is 11.8 Å². The lowest BCUT2D eigenvalue weighted by molar-refractivity contribution is -0.117. The summed E-state index contributed by atoms with van der Waals surface area (Å²) in [4.78, 5) is 12.9. The molecule has 1 atom stereocenters. The molecule has 0 spiro atoms. The summed E-state index contributed by atoms with van der Waals surface area (Å²) in [5.41, 5.74) is 1.80. The van der Waals surface area contributed by atoms with Crippen molar-refractivity contribution in [2.45, 2.75) is 33.2 Å². The van der Waals surface area contributed by atoms with E-state index in [-0.39, 0.29) is 0 Å². The van der Waals surface area contributed by atoms with Crippen LogP contribution in [0.5, 0.6) is 5.75 Å². The number of aryl methyl sites for hydroxylation is 1. The Morgan fingerprint density at radius 1 is 1.18 bits per heavy atom. The van der Waals surface area contributed by atoms with Crippen molar-refractivity contribution in [1.29, 1.82) is 0 Å². The molecule has 0 aromatic heterocycles. The summed E-state index contributed by atoms with van der Waals surface area (Å²) in [7, 11) is -3.70. The Morgan fingerprint density at radius 3 is 2.32 bits per heavy atom. The molecule has 1 N–H and O–H groups in total. The minimum Gasteiger partial charge on any atom is -0.494 e. The van der Waals surface area contributed by atoms with Gasteiger partial charge in [0, 0.05) is 10.7 Å². The van der Waals surface area contributed by atoms with Crippen molar-refractivity contribution in [1.82, 2.24) is 0 Å². The number of anilines is 2. The highest BCUT2D eigenvalue weighted by molar-refractivity contribution is 7.92. The first kappa shape index (κ1) is 22.0. The van der Waals surface area contributed by atoms with E-state index in [1.807, 2.05) is 13.8 Å². The fourth-order valence-electron chi connectivity index (χ4n) is 2.81. The average molecular weight is 425 g/mol. The number of sulfonamides is 1. The second kappa shape index (κ2) is 9.30. The lowest BCUT2D eigenvalue weighted by atomic mass is 10.1. The van der Waals surface area contributed by atoms with Crippen molar-refractivity contribution >= 4 is 38.9 Å². The second-order valence-corrected chi connectivity index (χ2v) is 8.63. The Hall–Kier alpha value is -2.25. The number of amides is 1. The lowest BCUT2D eigenvalue weighted by Crippen LogP contribution is -2.47. The van der Waals surface area contributed by atoms with E-state index < -0.39 is 22.0 Å². The quantitative estimate of drug-likeness (QED) is 0.688. The third kappa shape index (κ3) is 5.39. The van der Waals surface area contributed by atoms with Gasteiger partial charge in [-0.1, -0.05) is 24.6 Å². The smallest absolute Gasteiger partial charge is 0.248 e. The summed E-state index contributed by atoms with van der Waals surface area (Å²) in [6.07, 6.45) is 1.38. The minimum atomic E-state index is -3.70. The van der Waals surface area contributed by atoms with Gasteiger partial charge in [0.2, 0.25) is 15.9 Å². The Balaban J connectivity index is 2.34. The Bertz CT molecular complexity index is 930. The number of halogens is 1. The highest BCUT2D eigenvalue weighted by atomic mass is 35.5. The van der Waals surface area contributed by atoms with E-state index in [1.165, 1.54) is 0 Å². The minimum absolute atomic E-state index is 0.297. The molecule has 0 aliphatic carbocycles. The predicted molar refractivity (Wildman–Crippen MR) is 114 cm³/mol. The van der Waals surface area contributed by atoms with Gasteiger partial charge in [-0.05, 0) is 62.2 Å². The van der Waals surface area contributed by atoms with Gasteiger partial charge in [-0.15, -0.1) is 0 Å². The molecule has 0 fully saturated rings. The monoisotopic (exact) mass is 424 g/mol. The van der Waals surface area contributed by atoms with E-state index in [0.29, 0.717) is 35.2 Å². The van der Waals surface area contributed by atoms with E-state index in [4.69, 9.17) is 16.3 Å². The summed E-state index contributed by atoms with van der Waals surface area (Å²) in [6, 6.07) is 10.9. The molecule has 1 amide bonds. The van der Waals surface area contributed by atoms with Gasteiger partial charge in [-0.3, -0.25) is 9.10 Å². The van der Waals surface area contributed by atoms with Crippen molar-refractivity contribution < 1.29 is 17.9 Å². The fraction of sp³-hybridized carbons (Fsp3) is 0.350. The Kier molecular flexibility index (Phi) is 7.32. The van der Waals surface area contributed by atoms with Gasteiger partial charge >= 0.3 is 0 Å². The molecule has 0 unspecified atom stereocenters. The zero-order valence-electron chi connectivity index (χ0n) is 16.4. The van der Waals surface area contributed by atoms with Crippen molar-refractivity contribution in [2.24, 2.45) is 0 Å². The molecular formula is C20H25ClN2O4S. The maximum Gasteiger partial charge on any atom is 0.248 e. The number of rotatable bonds is 8. The van der Waals surface area contributed by atoms with Crippen LogP contribution in [-0.4, -0.2) is 33.2 Å². The highest BCUT2D eigenvalue weighted by Gasteiger charge is 2.31. The molecule has 2 rings (SSSR count). The van der Waals surface area contributed by atoms with Crippen molar-refractivity contribution in [3.8, 4) is 5.75 Å². The van der Waals surface area contributed by atoms with E-state index in [2.05, 4.69) is 5.32 Å². The molecule has 0 bridgehead atoms. The standard InChI is InChI=1S/C20H25ClN2O4S/c1-5-19(20(24)22-15-8-7-14(3)18(21)13-15)23(28(4,25)26)16-9-11-17(12-10-16)27-6-2/h7-13,19H,5-6H2,1-4H3,(H,22,24)/t19-/m1/s1. The van der Waals surface area contributed by atoms with Crippen LogP contribution in [0.1, 0.15) is 25.8 Å². The fourth-order valence-corrected chi connectivity index (χ4v) is 4.20. The van der Waals surface area contributed by atoms with Crippen LogP contribution in [0.2, 0.25) is 5.02 Å². The van der Waals surface area contributed by atoms with Gasteiger partial charge in [0.25, 0.3) is 0 Å². The molecule has 152 valence electrons. The molecule has 0 heterocycles. The summed E-state index contributed by atoms with van der Waals surface area (Å²) in [6.45, 7) is 6.00. The number of benzene rings is 2. The Labute approximate surface area is 171 Å². The van der Waals surface area contributed by atoms with Crippen molar-refractivity contribution in [2.75, 3.05) is 22.5 Å². The zero-order chi connectivity index (χ0) is 20.9. The number of carbonyl (C=O) groups excluding carboxylic acids is 1. The van der Waals surface area contributed by atoms with Crippen molar-refractivity contribution in [3.63, 3.8) is 0 Å². The molecule has 0 aliphatic heterocycles. The number of ether oxygens (including phenoxy) is 1. The van der Waals surface area contributed by atoms with Gasteiger partial charge in [-0.25, -0.2) is 8.42 Å². The van der Waals surface area contributed by atoms with Gasteiger partial charge in [0.05, 0.1) is 18.6 Å². The predicted octanol–water partition coefficient (Wildman–Crippen LogP) is 4.23. The third-order valence-electron chi connectivity index (χ3n) is 4.17. The zero-order valence-corrected chi connectivity index (χ0v) is 18.0. The van der Waals surface area contributed by atoms with E-state index in [9.17, 15) is 13.2 Å². The van der Waals surface area contributed by atoms with E-state index in [1.54, 1.807) is 49.4 Å². The van der Waals surface area contributed by atoms with E-state index in [0.717, 1.165) is 16.1 Å². The largest absolute Gasteiger partial charge is 0.494 e. The van der Waals surface area contributed by atoms with Crippen LogP contribution < -0.4 is 14.4 Å². The van der Waals surface area contributed by atoms with Crippen LogP contribution in [0, 0.1) is 6.92 Å². The first-order valence-corrected chi connectivity index (χ1v) is 11.2. The second-order valence-electron chi connectivity index (χ2n) is 6.36. The van der Waals surface area contributed by atoms with E-state index >= 15 is 0 Å². The van der Waals surface area contributed by atoms with Crippen LogP contribution in [0.4, 0.5) is 11.4 Å². The molecule has 0 saturated heterocycles. The number of hydrogen-bond acceptors (Lipinski definition) is 4. The van der Waals surface area contributed by atoms with Crippen LogP contribution in [0.15, 0.2) is 42.5 Å². The SMILES string of the molecule is CCOc1ccc(N([C@H](CC)C(=O)Nc2ccc(C)c(Cl)c2)S(C)(=O)=O)cc1. The van der Waals surface area contributed by atoms with Gasteiger partial charge < -0.3 is 10.1 Å². The van der Waals surface area contributed by atoms with Crippen molar-refractivity contribution in [3.05, 3.63) is 53.1 Å². The molecule has 8 heteroatoms. The van der Waals surface area contributed by atoms with Crippen LogP contribution in [0.3, 0.4) is 0 Å². The molecule has 0 aliphatic rings. The van der Waals surface area contributed by atoms with Crippen LogP contribution in [-0.2, 0) is 14.8 Å². The normalized spacial score (nSPS) is 12.3. The summed E-state index contributed by atoms with van der Waals surface area (Å²) in [5, 5.41) is 3.29.